The van der Waals surface area contributed by atoms with Crippen molar-refractivity contribution in [1.29, 1.82) is 0 Å². The second-order valence-corrected chi connectivity index (χ2v) is 7.59. The Hall–Kier alpha value is -2.21. The van der Waals surface area contributed by atoms with Crippen LogP contribution in [0.2, 0.25) is 0 Å². The molecule has 2 rings (SSSR count). The molecule has 2 N–H and O–H groups in total. The molecule has 0 bridgehead atoms. The monoisotopic (exact) mass is 399 g/mol. The Balaban J connectivity index is 2.42. The molecular weight excluding hydrogens is 386 g/mol. The second kappa shape index (κ2) is 6.83. The molecule has 1 aliphatic rings. The third-order valence-corrected chi connectivity index (χ3v) is 5.97. The van der Waals surface area contributed by atoms with E-state index in [4.69, 9.17) is 10.2 Å². The van der Waals surface area contributed by atoms with Crippen molar-refractivity contribution < 1.29 is 45.8 Å². The highest BCUT2D eigenvalue weighted by atomic mass is 32.2. The minimum Gasteiger partial charge on any atom is -0.481 e. The third kappa shape index (κ3) is 3.80. The van der Waals surface area contributed by atoms with E-state index >= 15 is 0 Å². The number of piperidine rings is 1. The van der Waals surface area contributed by atoms with Crippen molar-refractivity contribution in [3.8, 4) is 0 Å². The number of carboxylic acid groups (broad SMARTS) is 2. The van der Waals surface area contributed by atoms with Crippen LogP contribution >= 0.6 is 0 Å². The number of hydrogen-bond acceptors (Lipinski definition) is 4. The Bertz CT molecular complexity index is 838. The molecule has 1 saturated heterocycles. The molecule has 7 nitrogen and oxygen atoms in total. The lowest BCUT2D eigenvalue weighted by Crippen LogP contribution is -2.48. The smallest absolute Gasteiger partial charge is 0.416 e. The maximum absolute atomic E-state index is 13.9. The molecule has 1 fully saturated rings. The summed E-state index contributed by atoms with van der Waals surface area (Å²) in [4.78, 5) is 21.1. The van der Waals surface area contributed by atoms with Gasteiger partial charge in [0.2, 0.25) is 10.0 Å². The van der Waals surface area contributed by atoms with Gasteiger partial charge in [0.15, 0.2) is 0 Å². The van der Waals surface area contributed by atoms with Gasteiger partial charge >= 0.3 is 18.1 Å². The fourth-order valence-corrected chi connectivity index (χ4v) is 4.27. The molecule has 2 atom stereocenters. The molecule has 26 heavy (non-hydrogen) atoms. The third-order valence-electron chi connectivity index (χ3n) is 4.09. The lowest BCUT2D eigenvalue weighted by Gasteiger charge is -2.33. The maximum atomic E-state index is 13.9. The minimum absolute atomic E-state index is 0.129. The average Bonchev–Trinajstić information content (AvgIpc) is 2.53. The Kier molecular flexibility index (Phi) is 5.29. The van der Waals surface area contributed by atoms with Gasteiger partial charge in [-0.3, -0.25) is 9.59 Å². The van der Waals surface area contributed by atoms with Crippen LogP contribution in [0.4, 0.5) is 17.6 Å². The predicted molar refractivity (Wildman–Crippen MR) is 77.0 cm³/mol. The summed E-state index contributed by atoms with van der Waals surface area (Å²) in [6.07, 6.45) is -5.27. The fraction of sp³-hybridized carbons (Fsp3) is 0.429. The summed E-state index contributed by atoms with van der Waals surface area (Å²) >= 11 is 0. The zero-order valence-corrected chi connectivity index (χ0v) is 13.7. The molecule has 0 radical (unpaired) electrons. The highest BCUT2D eigenvalue weighted by molar-refractivity contribution is 7.89. The SMILES string of the molecule is O=C(O)C1CCN(S(=O)(=O)c2cc(C(F)(F)F)ccc2F)CC1C(=O)O. The van der Waals surface area contributed by atoms with E-state index < -0.39 is 69.3 Å². The van der Waals surface area contributed by atoms with E-state index in [1.165, 1.54) is 0 Å². The number of halogens is 4. The van der Waals surface area contributed by atoms with E-state index in [0.29, 0.717) is 16.4 Å². The van der Waals surface area contributed by atoms with Crippen molar-refractivity contribution in [2.45, 2.75) is 17.5 Å². The number of carboxylic acids is 2. The molecule has 1 aliphatic heterocycles. The number of carbonyl (C=O) groups is 2. The first-order valence-corrected chi connectivity index (χ1v) is 8.62. The van der Waals surface area contributed by atoms with Gasteiger partial charge in [-0.25, -0.2) is 12.8 Å². The predicted octanol–water partition coefficient (Wildman–Crippen LogP) is 1.64. The van der Waals surface area contributed by atoms with Gasteiger partial charge in [-0.05, 0) is 24.6 Å². The molecule has 0 aromatic heterocycles. The van der Waals surface area contributed by atoms with E-state index in [1.807, 2.05) is 0 Å². The molecular formula is C14H13F4NO6S. The molecule has 0 spiro atoms. The first-order chi connectivity index (χ1) is 11.9. The first-order valence-electron chi connectivity index (χ1n) is 7.18. The zero-order valence-electron chi connectivity index (χ0n) is 12.9. The molecule has 0 amide bonds. The van der Waals surface area contributed by atoms with E-state index in [2.05, 4.69) is 0 Å². The van der Waals surface area contributed by atoms with Crippen molar-refractivity contribution in [3.05, 3.63) is 29.6 Å². The van der Waals surface area contributed by atoms with Gasteiger partial charge in [-0.15, -0.1) is 0 Å². The number of benzene rings is 1. The molecule has 0 aliphatic carbocycles. The number of sulfonamides is 1. The molecule has 0 saturated carbocycles. The summed E-state index contributed by atoms with van der Waals surface area (Å²) in [7, 11) is -4.79. The number of nitrogens with zero attached hydrogens (tertiary/aromatic N) is 1. The zero-order chi connectivity index (χ0) is 19.9. The van der Waals surface area contributed by atoms with Crippen LogP contribution in [0.5, 0.6) is 0 Å². The maximum Gasteiger partial charge on any atom is 0.416 e. The first kappa shape index (κ1) is 20.1. The quantitative estimate of drug-likeness (QED) is 0.745. The highest BCUT2D eigenvalue weighted by Crippen LogP contribution is 2.34. The summed E-state index contributed by atoms with van der Waals surface area (Å²) in [6.45, 7) is -1.25. The fourth-order valence-electron chi connectivity index (χ4n) is 2.70. The second-order valence-electron chi connectivity index (χ2n) is 5.68. The van der Waals surface area contributed by atoms with Gasteiger partial charge in [-0.2, -0.15) is 17.5 Å². The molecule has 2 unspecified atom stereocenters. The summed E-state index contributed by atoms with van der Waals surface area (Å²) in [5, 5.41) is 18.1. The molecule has 12 heteroatoms. The van der Waals surface area contributed by atoms with Crippen LogP contribution in [-0.4, -0.2) is 48.0 Å². The Morgan fingerprint density at radius 2 is 1.69 bits per heavy atom. The van der Waals surface area contributed by atoms with Crippen LogP contribution in [0.25, 0.3) is 0 Å². The molecule has 1 aromatic carbocycles. The normalized spacial score (nSPS) is 22.2. The van der Waals surface area contributed by atoms with Crippen molar-refractivity contribution in [3.63, 3.8) is 0 Å². The number of alkyl halides is 3. The number of hydrogen-bond donors (Lipinski definition) is 2. The Morgan fingerprint density at radius 3 is 2.19 bits per heavy atom. The summed E-state index contributed by atoms with van der Waals surface area (Å²) in [5.74, 6) is -7.39. The number of rotatable bonds is 4. The van der Waals surface area contributed by atoms with Crippen molar-refractivity contribution in [1.82, 2.24) is 4.31 Å². The van der Waals surface area contributed by atoms with Gasteiger partial charge < -0.3 is 10.2 Å². The van der Waals surface area contributed by atoms with E-state index in [0.717, 1.165) is 0 Å². The highest BCUT2D eigenvalue weighted by Gasteiger charge is 2.43. The van der Waals surface area contributed by atoms with Gasteiger partial charge in [0.25, 0.3) is 0 Å². The minimum atomic E-state index is -4.90. The Labute approximate surface area is 144 Å². The number of aliphatic carboxylic acids is 2. The van der Waals surface area contributed by atoms with Crippen LogP contribution in [-0.2, 0) is 25.8 Å². The topological polar surface area (TPSA) is 112 Å². The Morgan fingerprint density at radius 1 is 1.12 bits per heavy atom. The van der Waals surface area contributed by atoms with Crippen LogP contribution < -0.4 is 0 Å². The van der Waals surface area contributed by atoms with Crippen molar-refractivity contribution in [2.24, 2.45) is 11.8 Å². The standard InChI is InChI=1S/C14H13F4NO6S/c15-10-2-1-7(14(16,17)18)5-11(10)26(24,25)19-4-3-8(12(20)21)9(6-19)13(22)23/h1-2,5,8-9H,3-4,6H2,(H,20,21)(H,22,23). The molecule has 1 aromatic rings. The lowest BCUT2D eigenvalue weighted by molar-refractivity contribution is -0.156. The van der Waals surface area contributed by atoms with Gasteiger partial charge in [0.1, 0.15) is 10.7 Å². The molecule has 1 heterocycles. The van der Waals surface area contributed by atoms with Crippen LogP contribution in [0.15, 0.2) is 23.1 Å². The van der Waals surface area contributed by atoms with Crippen molar-refractivity contribution in [2.75, 3.05) is 13.1 Å². The summed E-state index contributed by atoms with van der Waals surface area (Å²) in [6, 6.07) is 0.864. The van der Waals surface area contributed by atoms with E-state index in [-0.39, 0.29) is 12.5 Å². The molecule has 144 valence electrons. The van der Waals surface area contributed by atoms with Gasteiger partial charge in [-0.1, -0.05) is 0 Å². The summed E-state index contributed by atoms with van der Waals surface area (Å²) in [5.41, 5.74) is -1.38. The van der Waals surface area contributed by atoms with Crippen LogP contribution in [0, 0.1) is 17.7 Å². The van der Waals surface area contributed by atoms with E-state index in [1.54, 1.807) is 0 Å². The average molecular weight is 399 g/mol. The largest absolute Gasteiger partial charge is 0.481 e. The lowest BCUT2D eigenvalue weighted by atomic mass is 9.86. The van der Waals surface area contributed by atoms with Gasteiger partial charge in [0.05, 0.1) is 17.4 Å². The van der Waals surface area contributed by atoms with Crippen molar-refractivity contribution >= 4 is 22.0 Å². The van der Waals surface area contributed by atoms with Crippen LogP contribution in [0.3, 0.4) is 0 Å². The van der Waals surface area contributed by atoms with E-state index in [9.17, 15) is 35.6 Å². The van der Waals surface area contributed by atoms with Crippen LogP contribution in [0.1, 0.15) is 12.0 Å². The van der Waals surface area contributed by atoms with Gasteiger partial charge in [0, 0.05) is 13.1 Å². The summed E-state index contributed by atoms with van der Waals surface area (Å²) < 4.78 is 77.7.